The van der Waals surface area contributed by atoms with Crippen LogP contribution in [0.4, 0.5) is 4.39 Å². The molecular weight excluding hydrogens is 258 g/mol. The number of aliphatic hydroxyl groups is 1. The van der Waals surface area contributed by atoms with Crippen LogP contribution in [0.15, 0.2) is 18.2 Å². The first-order valence-electron chi connectivity index (χ1n) is 4.31. The molecule has 16 heavy (non-hydrogen) atoms. The van der Waals surface area contributed by atoms with Gasteiger partial charge in [-0.3, -0.25) is 0 Å². The Labute approximate surface area is 101 Å². The fraction of sp³-hybridized carbons (Fsp3) is 0.300. The average molecular weight is 267 g/mol. The second-order valence-electron chi connectivity index (χ2n) is 3.47. The smallest absolute Gasteiger partial charge is 0.341 e. The lowest BCUT2D eigenvalue weighted by molar-refractivity contribution is -0.153. The Balaban J connectivity index is 3.21. The molecule has 2 unspecified atom stereocenters. The van der Waals surface area contributed by atoms with E-state index < -0.39 is 17.7 Å². The minimum absolute atomic E-state index is 0.0152. The van der Waals surface area contributed by atoms with Gasteiger partial charge < -0.3 is 10.2 Å². The lowest BCUT2D eigenvalue weighted by atomic mass is 9.91. The maximum atomic E-state index is 13.3. The van der Waals surface area contributed by atoms with Crippen LogP contribution in [0.2, 0.25) is 10.0 Å². The molecule has 88 valence electrons. The van der Waals surface area contributed by atoms with Crippen molar-refractivity contribution < 1.29 is 19.4 Å². The van der Waals surface area contributed by atoms with Gasteiger partial charge in [-0.1, -0.05) is 29.3 Å². The number of hydrogen-bond acceptors (Lipinski definition) is 2. The third-order valence-corrected chi connectivity index (χ3v) is 2.73. The molecule has 3 nitrogen and oxygen atoms in total. The van der Waals surface area contributed by atoms with Crippen molar-refractivity contribution in [2.45, 2.75) is 18.7 Å². The van der Waals surface area contributed by atoms with Gasteiger partial charge in [0.2, 0.25) is 6.17 Å². The van der Waals surface area contributed by atoms with Crippen molar-refractivity contribution in [3.05, 3.63) is 33.8 Å². The van der Waals surface area contributed by atoms with Crippen molar-refractivity contribution in [2.24, 2.45) is 0 Å². The van der Waals surface area contributed by atoms with Gasteiger partial charge in [-0.15, -0.1) is 0 Å². The van der Waals surface area contributed by atoms with Crippen molar-refractivity contribution in [3.63, 3.8) is 0 Å². The molecule has 0 aromatic heterocycles. The molecule has 6 heteroatoms. The van der Waals surface area contributed by atoms with Crippen LogP contribution in [-0.2, 0) is 10.4 Å². The average Bonchev–Trinajstić information content (AvgIpc) is 2.15. The minimum Gasteiger partial charge on any atom is -0.479 e. The van der Waals surface area contributed by atoms with E-state index in [4.69, 9.17) is 28.3 Å². The van der Waals surface area contributed by atoms with Crippen LogP contribution in [-0.4, -0.2) is 22.4 Å². The number of benzene rings is 1. The Bertz CT molecular complexity index is 421. The monoisotopic (exact) mass is 266 g/mol. The number of rotatable bonds is 3. The molecule has 0 spiro atoms. The predicted octanol–water partition coefficient (Wildman–Crippen LogP) is 2.62. The molecule has 1 rings (SSSR count). The molecule has 0 aliphatic rings. The largest absolute Gasteiger partial charge is 0.479 e. The maximum Gasteiger partial charge on any atom is 0.341 e. The first kappa shape index (κ1) is 13.2. The van der Waals surface area contributed by atoms with Gasteiger partial charge in [-0.05, 0) is 19.1 Å². The van der Waals surface area contributed by atoms with Gasteiger partial charge in [0.05, 0.1) is 0 Å². The fourth-order valence-corrected chi connectivity index (χ4v) is 1.88. The van der Waals surface area contributed by atoms with Gasteiger partial charge in [0.25, 0.3) is 0 Å². The summed E-state index contributed by atoms with van der Waals surface area (Å²) in [7, 11) is 0. The quantitative estimate of drug-likeness (QED) is 0.885. The first-order chi connectivity index (χ1) is 7.26. The number of carboxylic acid groups (broad SMARTS) is 1. The molecule has 0 saturated carbocycles. The highest BCUT2D eigenvalue weighted by Crippen LogP contribution is 2.34. The SMILES string of the molecule is CC(O)(c1ccc(Cl)cc1Cl)C(F)C(=O)O. The van der Waals surface area contributed by atoms with E-state index in [1.54, 1.807) is 0 Å². The Kier molecular flexibility index (Phi) is 3.78. The van der Waals surface area contributed by atoms with Crippen LogP contribution >= 0.6 is 23.2 Å². The van der Waals surface area contributed by atoms with Crippen molar-refractivity contribution in [2.75, 3.05) is 0 Å². The highest BCUT2D eigenvalue weighted by atomic mass is 35.5. The Morgan fingerprint density at radius 3 is 2.50 bits per heavy atom. The lowest BCUT2D eigenvalue weighted by Crippen LogP contribution is -2.39. The van der Waals surface area contributed by atoms with Crippen LogP contribution in [0.5, 0.6) is 0 Å². The predicted molar refractivity (Wildman–Crippen MR) is 58.6 cm³/mol. The Morgan fingerprint density at radius 1 is 1.50 bits per heavy atom. The van der Waals surface area contributed by atoms with Crippen LogP contribution in [0.25, 0.3) is 0 Å². The molecule has 0 amide bonds. The van der Waals surface area contributed by atoms with E-state index in [-0.39, 0.29) is 10.6 Å². The number of hydrogen-bond donors (Lipinski definition) is 2. The lowest BCUT2D eigenvalue weighted by Gasteiger charge is -2.26. The molecule has 1 aromatic carbocycles. The van der Waals surface area contributed by atoms with E-state index >= 15 is 0 Å². The highest BCUT2D eigenvalue weighted by Gasteiger charge is 2.40. The standard InChI is InChI=1S/C10H9Cl2FO3/c1-10(16,8(13)9(14)15)6-3-2-5(11)4-7(6)12/h2-4,8,16H,1H3,(H,14,15). The molecule has 0 saturated heterocycles. The second kappa shape index (κ2) is 4.57. The van der Waals surface area contributed by atoms with Gasteiger partial charge in [-0.25, -0.2) is 9.18 Å². The van der Waals surface area contributed by atoms with E-state index in [0.717, 1.165) is 6.92 Å². The fourth-order valence-electron chi connectivity index (χ4n) is 1.28. The molecule has 0 radical (unpaired) electrons. The van der Waals surface area contributed by atoms with Gasteiger partial charge in [0.1, 0.15) is 5.60 Å². The Hall–Kier alpha value is -0.840. The van der Waals surface area contributed by atoms with Crippen LogP contribution in [0, 0.1) is 0 Å². The third-order valence-electron chi connectivity index (χ3n) is 2.19. The van der Waals surface area contributed by atoms with Crippen LogP contribution in [0.3, 0.4) is 0 Å². The second-order valence-corrected chi connectivity index (χ2v) is 4.32. The van der Waals surface area contributed by atoms with Crippen molar-refractivity contribution in [3.8, 4) is 0 Å². The van der Waals surface area contributed by atoms with Crippen molar-refractivity contribution in [1.82, 2.24) is 0 Å². The van der Waals surface area contributed by atoms with Crippen molar-refractivity contribution >= 4 is 29.2 Å². The van der Waals surface area contributed by atoms with Crippen molar-refractivity contribution in [1.29, 1.82) is 0 Å². The third kappa shape index (κ3) is 2.45. The van der Waals surface area contributed by atoms with E-state index in [2.05, 4.69) is 0 Å². The summed E-state index contributed by atoms with van der Waals surface area (Å²) in [5.41, 5.74) is -2.22. The zero-order valence-corrected chi connectivity index (χ0v) is 9.76. The zero-order chi connectivity index (χ0) is 12.5. The summed E-state index contributed by atoms with van der Waals surface area (Å²) in [6, 6.07) is 3.99. The molecule has 0 aliphatic carbocycles. The summed E-state index contributed by atoms with van der Waals surface area (Å²) in [5.74, 6) is -1.75. The highest BCUT2D eigenvalue weighted by molar-refractivity contribution is 6.35. The van der Waals surface area contributed by atoms with Gasteiger partial charge >= 0.3 is 5.97 Å². The Morgan fingerprint density at radius 2 is 2.06 bits per heavy atom. The number of alkyl halides is 1. The summed E-state index contributed by atoms with van der Waals surface area (Å²) in [4.78, 5) is 10.5. The van der Waals surface area contributed by atoms with E-state index in [0.29, 0.717) is 5.02 Å². The molecule has 0 fully saturated rings. The molecule has 0 heterocycles. The zero-order valence-electron chi connectivity index (χ0n) is 8.25. The molecule has 2 atom stereocenters. The van der Waals surface area contributed by atoms with Crippen LogP contribution in [0.1, 0.15) is 12.5 Å². The maximum absolute atomic E-state index is 13.3. The number of carbonyl (C=O) groups is 1. The normalized spacial score (nSPS) is 16.6. The molecular formula is C10H9Cl2FO3. The molecule has 0 aliphatic heterocycles. The first-order valence-corrected chi connectivity index (χ1v) is 5.07. The summed E-state index contributed by atoms with van der Waals surface area (Å²) in [6.07, 6.45) is -2.47. The minimum atomic E-state index is -2.47. The summed E-state index contributed by atoms with van der Waals surface area (Å²) in [5, 5.41) is 18.7. The van der Waals surface area contributed by atoms with E-state index in [9.17, 15) is 14.3 Å². The van der Waals surface area contributed by atoms with E-state index in [1.807, 2.05) is 0 Å². The number of carboxylic acids is 1. The number of aliphatic carboxylic acids is 1. The van der Waals surface area contributed by atoms with Gasteiger partial charge in [0, 0.05) is 15.6 Å². The van der Waals surface area contributed by atoms with Gasteiger partial charge in [0.15, 0.2) is 0 Å². The summed E-state index contributed by atoms with van der Waals surface area (Å²) < 4.78 is 13.3. The van der Waals surface area contributed by atoms with Crippen LogP contribution < -0.4 is 0 Å². The van der Waals surface area contributed by atoms with Gasteiger partial charge in [-0.2, -0.15) is 0 Å². The topological polar surface area (TPSA) is 57.5 Å². The molecule has 0 bridgehead atoms. The molecule has 2 N–H and O–H groups in total. The van der Waals surface area contributed by atoms with E-state index in [1.165, 1.54) is 18.2 Å². The number of halogens is 3. The molecule has 1 aromatic rings. The summed E-state index contributed by atoms with van der Waals surface area (Å²) >= 11 is 11.4. The summed E-state index contributed by atoms with van der Waals surface area (Å²) in [6.45, 7) is 1.04.